The number of carbonyl (C=O) groups excluding carboxylic acids is 1. The lowest BCUT2D eigenvalue weighted by atomic mass is 9.97. The van der Waals surface area contributed by atoms with E-state index in [0.717, 1.165) is 74.8 Å². The van der Waals surface area contributed by atoms with Crippen LogP contribution in [0, 0.1) is 12.8 Å². The molecule has 10 nitrogen and oxygen atoms in total. The highest BCUT2D eigenvalue weighted by atomic mass is 16.5. The van der Waals surface area contributed by atoms with Crippen LogP contribution in [0.15, 0.2) is 67.0 Å². The van der Waals surface area contributed by atoms with Crippen molar-refractivity contribution in [3.63, 3.8) is 0 Å². The van der Waals surface area contributed by atoms with E-state index in [1.165, 1.54) is 5.56 Å². The van der Waals surface area contributed by atoms with Crippen molar-refractivity contribution in [3.05, 3.63) is 89.6 Å². The van der Waals surface area contributed by atoms with Gasteiger partial charge in [-0.25, -0.2) is 24.9 Å². The molecule has 5 heterocycles. The molecule has 43 heavy (non-hydrogen) atoms. The van der Waals surface area contributed by atoms with Crippen molar-refractivity contribution in [1.82, 2.24) is 34.7 Å². The zero-order chi connectivity index (χ0) is 29.6. The van der Waals surface area contributed by atoms with Crippen LogP contribution in [0.4, 0.5) is 11.6 Å². The molecule has 10 heteroatoms. The monoisotopic (exact) mass is 578 g/mol. The SMILES string of the molecule is Cc1cccc(-c2nccc(Nc3ccnc(Cc4ccc(CN5CCC[C@@H](C(=O)O[C@H]6CCN(C)C6)C5)cc4)n3)n2)n1. The standard InChI is InChI=1S/C33H38N8O2/c1-23-5-3-7-28(36-23)32-35-16-13-30(39-32)37-29-12-15-34-31(38-29)19-24-8-10-25(11-9-24)20-41-17-4-6-26(21-41)33(42)43-27-14-18-40(2)22-27/h3,5,7-13,15-16,26-27H,4,6,14,17-22H2,1-2H3,(H,34,35,37,38,39)/t26-,27+/m1/s1. The summed E-state index contributed by atoms with van der Waals surface area (Å²) in [5.41, 5.74) is 4.01. The number of esters is 1. The molecular formula is C33H38N8O2. The molecular weight excluding hydrogens is 540 g/mol. The molecule has 2 fully saturated rings. The van der Waals surface area contributed by atoms with Crippen LogP contribution in [0.2, 0.25) is 0 Å². The van der Waals surface area contributed by atoms with Crippen LogP contribution in [0.25, 0.3) is 11.5 Å². The molecule has 0 radical (unpaired) electrons. The van der Waals surface area contributed by atoms with E-state index in [2.05, 4.69) is 66.4 Å². The number of hydrogen-bond donors (Lipinski definition) is 1. The van der Waals surface area contributed by atoms with Gasteiger partial charge < -0.3 is 15.0 Å². The van der Waals surface area contributed by atoms with E-state index in [0.29, 0.717) is 23.9 Å². The van der Waals surface area contributed by atoms with Crippen LogP contribution >= 0.6 is 0 Å². The zero-order valence-electron chi connectivity index (χ0n) is 24.8. The van der Waals surface area contributed by atoms with Crippen LogP contribution in [0.3, 0.4) is 0 Å². The van der Waals surface area contributed by atoms with Gasteiger partial charge in [0.25, 0.3) is 0 Å². The van der Waals surface area contributed by atoms with Gasteiger partial charge in [0.2, 0.25) is 0 Å². The average molecular weight is 579 g/mol. The Labute approximate surface area is 252 Å². The Morgan fingerprint density at radius 2 is 1.70 bits per heavy atom. The van der Waals surface area contributed by atoms with Crippen LogP contribution in [-0.4, -0.2) is 80.0 Å². The number of anilines is 2. The highest BCUT2D eigenvalue weighted by molar-refractivity contribution is 5.73. The first-order chi connectivity index (χ1) is 21.0. The van der Waals surface area contributed by atoms with E-state index in [-0.39, 0.29) is 18.0 Å². The van der Waals surface area contributed by atoms with E-state index in [9.17, 15) is 4.79 Å². The van der Waals surface area contributed by atoms with Crippen molar-refractivity contribution in [1.29, 1.82) is 0 Å². The van der Waals surface area contributed by atoms with Crippen molar-refractivity contribution in [3.8, 4) is 11.5 Å². The van der Waals surface area contributed by atoms with Gasteiger partial charge in [-0.2, -0.15) is 0 Å². The number of pyridine rings is 1. The van der Waals surface area contributed by atoms with E-state index in [4.69, 9.17) is 9.72 Å². The topological polar surface area (TPSA) is 109 Å². The number of ether oxygens (including phenoxy) is 1. The maximum absolute atomic E-state index is 12.8. The minimum Gasteiger partial charge on any atom is -0.461 e. The number of piperidine rings is 1. The van der Waals surface area contributed by atoms with Crippen molar-refractivity contribution in [2.45, 2.75) is 45.3 Å². The van der Waals surface area contributed by atoms with Gasteiger partial charge in [-0.15, -0.1) is 0 Å². The highest BCUT2D eigenvalue weighted by Gasteiger charge is 2.30. The highest BCUT2D eigenvalue weighted by Crippen LogP contribution is 2.23. The number of rotatable bonds is 9. The summed E-state index contributed by atoms with van der Waals surface area (Å²) >= 11 is 0. The lowest BCUT2D eigenvalue weighted by Crippen LogP contribution is -2.40. The smallest absolute Gasteiger partial charge is 0.310 e. The minimum absolute atomic E-state index is 0.0273. The Kier molecular flexibility index (Phi) is 8.95. The van der Waals surface area contributed by atoms with Crippen molar-refractivity contribution >= 4 is 17.6 Å². The summed E-state index contributed by atoms with van der Waals surface area (Å²) in [6.45, 7) is 6.37. The lowest BCUT2D eigenvalue weighted by molar-refractivity contribution is -0.155. The van der Waals surface area contributed by atoms with Crippen LogP contribution < -0.4 is 5.32 Å². The molecule has 2 aliphatic rings. The van der Waals surface area contributed by atoms with Crippen molar-refractivity contribution < 1.29 is 9.53 Å². The molecule has 2 aliphatic heterocycles. The third-order valence-electron chi connectivity index (χ3n) is 8.00. The minimum atomic E-state index is -0.0369. The summed E-state index contributed by atoms with van der Waals surface area (Å²) in [6, 6.07) is 18.0. The zero-order valence-corrected chi connectivity index (χ0v) is 24.8. The van der Waals surface area contributed by atoms with Crippen LogP contribution in [0.1, 0.15) is 41.9 Å². The molecule has 0 spiro atoms. The third kappa shape index (κ3) is 7.77. The molecule has 222 valence electrons. The van der Waals surface area contributed by atoms with Crippen LogP contribution in [0.5, 0.6) is 0 Å². The molecule has 0 bridgehead atoms. The summed E-state index contributed by atoms with van der Waals surface area (Å²) in [4.78, 5) is 40.1. The third-order valence-corrected chi connectivity index (χ3v) is 8.00. The first-order valence-electron chi connectivity index (χ1n) is 15.0. The fourth-order valence-electron chi connectivity index (χ4n) is 5.75. The van der Waals surface area contributed by atoms with E-state index < -0.39 is 0 Å². The Hall–Kier alpha value is -4.28. The summed E-state index contributed by atoms with van der Waals surface area (Å²) in [7, 11) is 2.07. The number of nitrogens with zero attached hydrogens (tertiary/aromatic N) is 7. The molecule has 2 saturated heterocycles. The van der Waals surface area contributed by atoms with Gasteiger partial charge >= 0.3 is 5.97 Å². The van der Waals surface area contributed by atoms with Gasteiger partial charge in [0, 0.05) is 50.7 Å². The molecule has 1 N–H and O–H groups in total. The second kappa shape index (κ2) is 13.4. The van der Waals surface area contributed by atoms with Gasteiger partial charge in [-0.3, -0.25) is 9.69 Å². The Morgan fingerprint density at radius 1 is 0.907 bits per heavy atom. The Balaban J connectivity index is 1.03. The second-order valence-electron chi connectivity index (χ2n) is 11.6. The van der Waals surface area contributed by atoms with Gasteiger partial charge in [-0.05, 0) is 75.2 Å². The van der Waals surface area contributed by atoms with Gasteiger partial charge in [0.05, 0.1) is 5.92 Å². The van der Waals surface area contributed by atoms with Crippen LogP contribution in [-0.2, 0) is 22.5 Å². The maximum atomic E-state index is 12.8. The number of carbonyl (C=O) groups is 1. The number of likely N-dealkylation sites (tertiary alicyclic amines) is 2. The molecule has 3 aromatic heterocycles. The van der Waals surface area contributed by atoms with E-state index >= 15 is 0 Å². The fourth-order valence-corrected chi connectivity index (χ4v) is 5.75. The lowest BCUT2D eigenvalue weighted by Gasteiger charge is -2.32. The average Bonchev–Trinajstić information content (AvgIpc) is 3.43. The summed E-state index contributed by atoms with van der Waals surface area (Å²) in [6.07, 6.45) is 6.99. The molecule has 6 rings (SSSR count). The van der Waals surface area contributed by atoms with Gasteiger partial charge in [0.1, 0.15) is 29.3 Å². The first kappa shape index (κ1) is 28.8. The van der Waals surface area contributed by atoms with Crippen molar-refractivity contribution in [2.75, 3.05) is 38.5 Å². The largest absolute Gasteiger partial charge is 0.461 e. The van der Waals surface area contributed by atoms with Gasteiger partial charge in [0.15, 0.2) is 5.82 Å². The summed E-state index contributed by atoms with van der Waals surface area (Å²) in [5.74, 6) is 2.52. The number of aromatic nitrogens is 5. The number of likely N-dealkylation sites (N-methyl/N-ethyl adjacent to an activating group) is 1. The number of hydrogen-bond acceptors (Lipinski definition) is 10. The molecule has 0 aliphatic carbocycles. The number of aryl methyl sites for hydroxylation is 1. The molecule has 4 aromatic rings. The predicted octanol–water partition coefficient (Wildman–Crippen LogP) is 4.43. The van der Waals surface area contributed by atoms with E-state index in [1.807, 2.05) is 37.3 Å². The second-order valence-corrected chi connectivity index (χ2v) is 11.6. The fraction of sp³-hybridized carbons (Fsp3) is 0.394. The summed E-state index contributed by atoms with van der Waals surface area (Å²) in [5, 5.41) is 3.27. The first-order valence-corrected chi connectivity index (χ1v) is 15.0. The quantitative estimate of drug-likeness (QED) is 0.287. The van der Waals surface area contributed by atoms with Crippen molar-refractivity contribution in [2.24, 2.45) is 5.92 Å². The Morgan fingerprint density at radius 3 is 2.49 bits per heavy atom. The molecule has 0 saturated carbocycles. The maximum Gasteiger partial charge on any atom is 0.310 e. The molecule has 0 amide bonds. The predicted molar refractivity (Wildman–Crippen MR) is 165 cm³/mol. The molecule has 0 unspecified atom stereocenters. The Bertz CT molecular complexity index is 1550. The number of nitrogens with one attached hydrogen (secondary N) is 1. The molecule has 2 atom stereocenters. The van der Waals surface area contributed by atoms with E-state index in [1.54, 1.807) is 12.4 Å². The number of benzene rings is 1. The summed E-state index contributed by atoms with van der Waals surface area (Å²) < 4.78 is 5.83. The normalized spacial score (nSPS) is 19.3. The molecule has 1 aromatic carbocycles. The van der Waals surface area contributed by atoms with Gasteiger partial charge in [-0.1, -0.05) is 30.3 Å².